The monoisotopic (exact) mass is 372 g/mol. The van der Waals surface area contributed by atoms with Gasteiger partial charge >= 0.3 is 0 Å². The van der Waals surface area contributed by atoms with E-state index < -0.39 is 5.56 Å². The fourth-order valence-electron chi connectivity index (χ4n) is 2.06. The van der Waals surface area contributed by atoms with E-state index in [1.54, 1.807) is 24.3 Å². The second kappa shape index (κ2) is 6.13. The number of hydrogen-bond acceptors (Lipinski definition) is 5. The first kappa shape index (κ1) is 15.1. The molecular formula is C16H13BrN4O2. The molecule has 7 heteroatoms. The van der Waals surface area contributed by atoms with Gasteiger partial charge in [-0.2, -0.15) is 0 Å². The topological polar surface area (TPSA) is 79.2 Å². The van der Waals surface area contributed by atoms with Gasteiger partial charge in [0.2, 0.25) is 0 Å². The Hall–Kier alpha value is -2.80. The summed E-state index contributed by atoms with van der Waals surface area (Å²) >= 11 is 3.36. The van der Waals surface area contributed by atoms with E-state index >= 15 is 0 Å². The fourth-order valence-corrected chi connectivity index (χ4v) is 2.32. The third kappa shape index (κ3) is 3.04. The zero-order valence-electron chi connectivity index (χ0n) is 12.0. The van der Waals surface area contributed by atoms with Crippen LogP contribution in [-0.4, -0.2) is 14.9 Å². The Labute approximate surface area is 140 Å². The van der Waals surface area contributed by atoms with Crippen LogP contribution in [-0.2, 0) is 0 Å². The van der Waals surface area contributed by atoms with Crippen LogP contribution < -0.4 is 16.4 Å². The van der Waals surface area contributed by atoms with Crippen molar-refractivity contribution in [2.75, 3.05) is 5.43 Å². The molecule has 116 valence electrons. The van der Waals surface area contributed by atoms with Gasteiger partial charge in [-0.15, -0.1) is 4.73 Å². The van der Waals surface area contributed by atoms with Gasteiger partial charge in [-0.25, -0.2) is 4.98 Å². The van der Waals surface area contributed by atoms with Gasteiger partial charge in [0.1, 0.15) is 0 Å². The van der Waals surface area contributed by atoms with Crippen molar-refractivity contribution in [2.24, 2.45) is 0 Å². The number of anilines is 1. The molecule has 0 aliphatic heterocycles. The SMILES string of the molecule is C=C(NNc1nc2ccccc2c(=O)n1O)c1ccc(Br)cc1. The highest BCUT2D eigenvalue weighted by Crippen LogP contribution is 2.15. The molecule has 6 nitrogen and oxygen atoms in total. The molecule has 3 aromatic rings. The van der Waals surface area contributed by atoms with E-state index in [1.165, 1.54) is 0 Å². The molecule has 0 saturated carbocycles. The standard InChI is InChI=1S/C16H13BrN4O2/c1-10(11-6-8-12(17)9-7-11)19-20-16-18-14-5-3-2-4-13(14)15(22)21(16)23/h2-9,19,23H,1H2,(H,18,20). The van der Waals surface area contributed by atoms with Crippen LogP contribution >= 0.6 is 15.9 Å². The predicted molar refractivity (Wildman–Crippen MR) is 93.1 cm³/mol. The van der Waals surface area contributed by atoms with Crippen molar-refractivity contribution in [1.82, 2.24) is 15.1 Å². The van der Waals surface area contributed by atoms with Crippen molar-refractivity contribution in [2.45, 2.75) is 0 Å². The quantitative estimate of drug-likeness (QED) is 0.484. The highest BCUT2D eigenvalue weighted by molar-refractivity contribution is 9.10. The second-order valence-electron chi connectivity index (χ2n) is 4.80. The summed E-state index contributed by atoms with van der Waals surface area (Å²) in [5, 5.41) is 10.3. The molecule has 0 aliphatic carbocycles. The Morgan fingerprint density at radius 3 is 2.61 bits per heavy atom. The summed E-state index contributed by atoms with van der Waals surface area (Å²) in [6.07, 6.45) is 0. The molecule has 3 N–H and O–H groups in total. The largest absolute Gasteiger partial charge is 0.422 e. The maximum Gasteiger partial charge on any atom is 0.295 e. The summed E-state index contributed by atoms with van der Waals surface area (Å²) in [7, 11) is 0. The molecule has 0 amide bonds. The Bertz CT molecular complexity index is 935. The molecule has 3 rings (SSSR count). The van der Waals surface area contributed by atoms with E-state index in [0.717, 1.165) is 10.0 Å². The number of hydrazine groups is 1. The molecule has 0 atom stereocenters. The first-order valence-electron chi connectivity index (χ1n) is 6.74. The minimum atomic E-state index is -0.547. The van der Waals surface area contributed by atoms with Gasteiger partial charge in [-0.3, -0.25) is 15.6 Å². The molecule has 0 bridgehead atoms. The van der Waals surface area contributed by atoms with Crippen LogP contribution in [0.25, 0.3) is 16.6 Å². The van der Waals surface area contributed by atoms with Crippen molar-refractivity contribution < 1.29 is 5.21 Å². The number of aromatic nitrogens is 2. The third-order valence-corrected chi connectivity index (χ3v) is 3.80. The average molecular weight is 373 g/mol. The van der Waals surface area contributed by atoms with Crippen LogP contribution in [0.1, 0.15) is 5.56 Å². The molecule has 0 unspecified atom stereocenters. The van der Waals surface area contributed by atoms with Crippen LogP contribution in [0.4, 0.5) is 5.95 Å². The van der Waals surface area contributed by atoms with Crippen molar-refractivity contribution in [1.29, 1.82) is 0 Å². The lowest BCUT2D eigenvalue weighted by Crippen LogP contribution is -2.28. The maximum absolute atomic E-state index is 12.1. The summed E-state index contributed by atoms with van der Waals surface area (Å²) in [6.45, 7) is 3.90. The molecule has 1 heterocycles. The summed E-state index contributed by atoms with van der Waals surface area (Å²) in [4.78, 5) is 16.3. The second-order valence-corrected chi connectivity index (χ2v) is 5.72. The van der Waals surface area contributed by atoms with E-state index in [4.69, 9.17) is 0 Å². The van der Waals surface area contributed by atoms with Crippen LogP contribution in [0.3, 0.4) is 0 Å². The number of nitrogens with zero attached hydrogens (tertiary/aromatic N) is 2. The van der Waals surface area contributed by atoms with E-state index in [-0.39, 0.29) is 5.95 Å². The van der Waals surface area contributed by atoms with Crippen molar-refractivity contribution >= 4 is 38.5 Å². The summed E-state index contributed by atoms with van der Waals surface area (Å²) in [6, 6.07) is 14.3. The van der Waals surface area contributed by atoms with Gasteiger partial charge < -0.3 is 5.21 Å². The number of benzene rings is 2. The smallest absolute Gasteiger partial charge is 0.295 e. The van der Waals surface area contributed by atoms with Gasteiger partial charge in [0.05, 0.1) is 16.6 Å². The number of halogens is 1. The number of para-hydroxylation sites is 1. The maximum atomic E-state index is 12.1. The van der Waals surface area contributed by atoms with Crippen molar-refractivity contribution in [3.63, 3.8) is 0 Å². The molecule has 0 radical (unpaired) electrons. The predicted octanol–water partition coefficient (Wildman–Crippen LogP) is 2.98. The lowest BCUT2D eigenvalue weighted by atomic mass is 10.2. The van der Waals surface area contributed by atoms with Crippen LogP contribution in [0.2, 0.25) is 0 Å². The number of fused-ring (bicyclic) bond motifs is 1. The van der Waals surface area contributed by atoms with Gasteiger partial charge in [-0.1, -0.05) is 46.8 Å². The summed E-state index contributed by atoms with van der Waals surface area (Å²) in [5.41, 5.74) is 6.89. The highest BCUT2D eigenvalue weighted by atomic mass is 79.9. The zero-order valence-corrected chi connectivity index (χ0v) is 13.5. The lowest BCUT2D eigenvalue weighted by molar-refractivity contribution is 0.179. The fraction of sp³-hybridized carbons (Fsp3) is 0. The lowest BCUT2D eigenvalue weighted by Gasteiger charge is -2.13. The van der Waals surface area contributed by atoms with E-state index in [0.29, 0.717) is 21.3 Å². The Morgan fingerprint density at radius 1 is 1.17 bits per heavy atom. The molecule has 0 saturated heterocycles. The average Bonchev–Trinajstić information content (AvgIpc) is 2.57. The minimum absolute atomic E-state index is 0.0213. The van der Waals surface area contributed by atoms with Crippen LogP contribution in [0.5, 0.6) is 0 Å². The molecule has 0 aliphatic rings. The number of nitrogens with one attached hydrogen (secondary N) is 2. The highest BCUT2D eigenvalue weighted by Gasteiger charge is 2.09. The Kier molecular flexibility index (Phi) is 4.03. The molecule has 1 aromatic heterocycles. The molecular weight excluding hydrogens is 360 g/mol. The van der Waals surface area contributed by atoms with E-state index in [9.17, 15) is 10.0 Å². The number of rotatable bonds is 4. The molecule has 23 heavy (non-hydrogen) atoms. The molecule has 2 aromatic carbocycles. The van der Waals surface area contributed by atoms with Gasteiger partial charge in [0.25, 0.3) is 11.5 Å². The van der Waals surface area contributed by atoms with Gasteiger partial charge in [0, 0.05) is 4.47 Å². The Morgan fingerprint density at radius 2 is 1.87 bits per heavy atom. The Balaban J connectivity index is 1.84. The van der Waals surface area contributed by atoms with Gasteiger partial charge in [-0.05, 0) is 29.8 Å². The molecule has 0 spiro atoms. The summed E-state index contributed by atoms with van der Waals surface area (Å²) < 4.78 is 1.42. The van der Waals surface area contributed by atoms with E-state index in [2.05, 4.69) is 38.3 Å². The zero-order chi connectivity index (χ0) is 16.4. The summed E-state index contributed by atoms with van der Waals surface area (Å²) in [5.74, 6) is -0.0213. The molecule has 0 fully saturated rings. The van der Waals surface area contributed by atoms with Crippen molar-refractivity contribution in [3.8, 4) is 0 Å². The van der Waals surface area contributed by atoms with Gasteiger partial charge in [0.15, 0.2) is 0 Å². The number of hydrogen-bond donors (Lipinski definition) is 3. The van der Waals surface area contributed by atoms with E-state index in [1.807, 2.05) is 24.3 Å². The minimum Gasteiger partial charge on any atom is -0.422 e. The normalized spacial score (nSPS) is 10.5. The van der Waals surface area contributed by atoms with Crippen LogP contribution in [0, 0.1) is 0 Å². The first-order chi connectivity index (χ1) is 11.1. The van der Waals surface area contributed by atoms with Crippen molar-refractivity contribution in [3.05, 3.63) is 75.5 Å². The van der Waals surface area contributed by atoms with Crippen LogP contribution in [0.15, 0.2) is 64.4 Å². The third-order valence-electron chi connectivity index (χ3n) is 3.27. The first-order valence-corrected chi connectivity index (χ1v) is 7.53.